The first-order valence-electron chi connectivity index (χ1n) is 5.55. The molecule has 0 unspecified atom stereocenters. The van der Waals surface area contributed by atoms with E-state index in [-0.39, 0.29) is 16.9 Å². The summed E-state index contributed by atoms with van der Waals surface area (Å²) in [5.41, 5.74) is 0.970. The van der Waals surface area contributed by atoms with Crippen molar-refractivity contribution in [3.05, 3.63) is 23.8 Å². The quantitative estimate of drug-likeness (QED) is 0.636. The largest absolute Gasteiger partial charge is 0.508 e. The molecular formula is C13H19BrO2. The normalized spacial score (nSPS) is 11.7. The van der Waals surface area contributed by atoms with Crippen LogP contribution in [0.15, 0.2) is 18.2 Å². The van der Waals surface area contributed by atoms with Crippen LogP contribution in [0.5, 0.6) is 11.5 Å². The standard InChI is InChI=1S/C13H19BrO2/c1-13(2,5-3-4-6-14)10-7-11(15)9-12(16)8-10/h7-9,15-16H,3-6H2,1-2H3. The highest BCUT2D eigenvalue weighted by molar-refractivity contribution is 9.09. The predicted molar refractivity (Wildman–Crippen MR) is 70.4 cm³/mol. The molecule has 0 saturated carbocycles. The van der Waals surface area contributed by atoms with Gasteiger partial charge in [-0.2, -0.15) is 0 Å². The maximum absolute atomic E-state index is 9.46. The summed E-state index contributed by atoms with van der Waals surface area (Å²) in [5, 5.41) is 19.9. The molecule has 0 radical (unpaired) electrons. The summed E-state index contributed by atoms with van der Waals surface area (Å²) in [7, 11) is 0. The minimum absolute atomic E-state index is 0.0155. The molecule has 0 aliphatic heterocycles. The van der Waals surface area contributed by atoms with E-state index in [1.165, 1.54) is 6.07 Å². The van der Waals surface area contributed by atoms with E-state index in [1.807, 2.05) is 0 Å². The van der Waals surface area contributed by atoms with E-state index in [1.54, 1.807) is 12.1 Å². The summed E-state index contributed by atoms with van der Waals surface area (Å²) in [5.74, 6) is 0.257. The highest BCUT2D eigenvalue weighted by atomic mass is 79.9. The van der Waals surface area contributed by atoms with Gasteiger partial charge in [-0.25, -0.2) is 0 Å². The molecule has 0 saturated heterocycles. The molecule has 2 N–H and O–H groups in total. The predicted octanol–water partition coefficient (Wildman–Crippen LogP) is 3.94. The molecule has 90 valence electrons. The summed E-state index contributed by atoms with van der Waals surface area (Å²) >= 11 is 3.42. The van der Waals surface area contributed by atoms with Crippen LogP contribution in [-0.2, 0) is 5.41 Å². The molecule has 0 aliphatic rings. The van der Waals surface area contributed by atoms with Crippen molar-refractivity contribution in [2.45, 2.75) is 38.5 Å². The third-order valence-corrected chi connectivity index (χ3v) is 3.43. The number of hydrogen-bond acceptors (Lipinski definition) is 2. The van der Waals surface area contributed by atoms with Gasteiger partial charge in [0.05, 0.1) is 0 Å². The average molecular weight is 287 g/mol. The first kappa shape index (κ1) is 13.4. The van der Waals surface area contributed by atoms with Crippen molar-refractivity contribution in [2.75, 3.05) is 5.33 Å². The van der Waals surface area contributed by atoms with Gasteiger partial charge in [0, 0.05) is 11.4 Å². The summed E-state index contributed by atoms with van der Waals surface area (Å²) in [4.78, 5) is 0. The van der Waals surface area contributed by atoms with E-state index in [0.29, 0.717) is 0 Å². The number of hydrogen-bond donors (Lipinski definition) is 2. The van der Waals surface area contributed by atoms with Crippen LogP contribution in [0, 0.1) is 0 Å². The number of phenolic OH excluding ortho intramolecular Hbond substituents is 2. The van der Waals surface area contributed by atoms with E-state index in [4.69, 9.17) is 0 Å². The van der Waals surface area contributed by atoms with Crippen LogP contribution in [0.4, 0.5) is 0 Å². The Hall–Kier alpha value is -0.700. The number of phenols is 2. The lowest BCUT2D eigenvalue weighted by atomic mass is 9.80. The molecule has 1 aromatic carbocycles. The van der Waals surface area contributed by atoms with E-state index in [9.17, 15) is 10.2 Å². The van der Waals surface area contributed by atoms with Gasteiger partial charge in [0.2, 0.25) is 0 Å². The zero-order valence-corrected chi connectivity index (χ0v) is 11.4. The number of rotatable bonds is 5. The Morgan fingerprint density at radius 1 is 1.06 bits per heavy atom. The summed E-state index contributed by atoms with van der Waals surface area (Å²) in [6.45, 7) is 4.27. The molecule has 0 amide bonds. The van der Waals surface area contributed by atoms with Crippen molar-refractivity contribution in [3.8, 4) is 11.5 Å². The zero-order chi connectivity index (χ0) is 12.2. The van der Waals surface area contributed by atoms with Gasteiger partial charge in [0.15, 0.2) is 0 Å². The second-order valence-electron chi connectivity index (χ2n) is 4.77. The van der Waals surface area contributed by atoms with Crippen molar-refractivity contribution < 1.29 is 10.2 Å². The van der Waals surface area contributed by atoms with Crippen LogP contribution < -0.4 is 0 Å². The Balaban J connectivity index is 2.80. The second-order valence-corrected chi connectivity index (χ2v) is 5.56. The van der Waals surface area contributed by atoms with Crippen LogP contribution in [0.25, 0.3) is 0 Å². The van der Waals surface area contributed by atoms with Crippen LogP contribution in [-0.4, -0.2) is 15.5 Å². The molecule has 3 heteroatoms. The molecule has 2 nitrogen and oxygen atoms in total. The fourth-order valence-electron chi connectivity index (χ4n) is 1.79. The fourth-order valence-corrected chi connectivity index (χ4v) is 2.19. The average Bonchev–Trinajstić information content (AvgIpc) is 2.16. The van der Waals surface area contributed by atoms with Crippen molar-refractivity contribution in [1.82, 2.24) is 0 Å². The summed E-state index contributed by atoms with van der Waals surface area (Å²) < 4.78 is 0. The number of alkyl halides is 1. The second kappa shape index (κ2) is 5.58. The first-order chi connectivity index (χ1) is 7.45. The molecule has 0 aliphatic carbocycles. The molecule has 0 aromatic heterocycles. The lowest BCUT2D eigenvalue weighted by Gasteiger charge is -2.25. The molecule has 0 bridgehead atoms. The maximum atomic E-state index is 9.46. The van der Waals surface area contributed by atoms with E-state index < -0.39 is 0 Å². The molecular weight excluding hydrogens is 268 g/mol. The van der Waals surface area contributed by atoms with Gasteiger partial charge >= 0.3 is 0 Å². The van der Waals surface area contributed by atoms with Gasteiger partial charge in [-0.05, 0) is 36.0 Å². The van der Waals surface area contributed by atoms with Crippen LogP contribution in [0.3, 0.4) is 0 Å². The zero-order valence-electron chi connectivity index (χ0n) is 9.83. The van der Waals surface area contributed by atoms with Crippen LogP contribution in [0.2, 0.25) is 0 Å². The van der Waals surface area contributed by atoms with Gasteiger partial charge in [-0.3, -0.25) is 0 Å². The van der Waals surface area contributed by atoms with Crippen LogP contribution in [0.1, 0.15) is 38.7 Å². The topological polar surface area (TPSA) is 40.5 Å². The Bertz CT molecular complexity index is 328. The monoisotopic (exact) mass is 286 g/mol. The number of benzene rings is 1. The summed E-state index contributed by atoms with van der Waals surface area (Å²) in [6, 6.07) is 4.82. The maximum Gasteiger partial charge on any atom is 0.119 e. The van der Waals surface area contributed by atoms with Gasteiger partial charge in [0.25, 0.3) is 0 Å². The first-order valence-corrected chi connectivity index (χ1v) is 6.67. The van der Waals surface area contributed by atoms with E-state index in [2.05, 4.69) is 29.8 Å². The molecule has 0 atom stereocenters. The lowest BCUT2D eigenvalue weighted by molar-refractivity contribution is 0.428. The van der Waals surface area contributed by atoms with Gasteiger partial charge in [0.1, 0.15) is 11.5 Å². The fraction of sp³-hybridized carbons (Fsp3) is 0.538. The molecule has 0 fully saturated rings. The van der Waals surface area contributed by atoms with Gasteiger partial charge in [-0.15, -0.1) is 0 Å². The smallest absolute Gasteiger partial charge is 0.119 e. The minimum atomic E-state index is -0.0155. The third-order valence-electron chi connectivity index (χ3n) is 2.87. The SMILES string of the molecule is CC(C)(CCCCBr)c1cc(O)cc(O)c1. The van der Waals surface area contributed by atoms with E-state index >= 15 is 0 Å². The molecule has 16 heavy (non-hydrogen) atoms. The highest BCUT2D eigenvalue weighted by Crippen LogP contribution is 2.33. The molecule has 0 heterocycles. The molecule has 1 aromatic rings. The third kappa shape index (κ3) is 3.71. The highest BCUT2D eigenvalue weighted by Gasteiger charge is 2.21. The number of halogens is 1. The minimum Gasteiger partial charge on any atom is -0.508 e. The van der Waals surface area contributed by atoms with E-state index in [0.717, 1.165) is 30.2 Å². The Labute approximate surface area is 105 Å². The molecule has 1 rings (SSSR count). The summed E-state index contributed by atoms with van der Waals surface area (Å²) in [6.07, 6.45) is 3.32. The van der Waals surface area contributed by atoms with Crippen molar-refractivity contribution in [2.24, 2.45) is 0 Å². The molecule has 0 spiro atoms. The van der Waals surface area contributed by atoms with Crippen molar-refractivity contribution >= 4 is 15.9 Å². The number of aromatic hydroxyl groups is 2. The number of unbranched alkanes of at least 4 members (excludes halogenated alkanes) is 1. The Kier molecular flexibility index (Phi) is 4.66. The van der Waals surface area contributed by atoms with Crippen molar-refractivity contribution in [1.29, 1.82) is 0 Å². The lowest BCUT2D eigenvalue weighted by Crippen LogP contribution is -2.16. The van der Waals surface area contributed by atoms with Gasteiger partial charge < -0.3 is 10.2 Å². The van der Waals surface area contributed by atoms with Gasteiger partial charge in [-0.1, -0.05) is 36.2 Å². The van der Waals surface area contributed by atoms with Crippen LogP contribution >= 0.6 is 15.9 Å². The Morgan fingerprint density at radius 2 is 1.62 bits per heavy atom. The van der Waals surface area contributed by atoms with Crippen molar-refractivity contribution in [3.63, 3.8) is 0 Å². The Morgan fingerprint density at radius 3 is 2.12 bits per heavy atom.